The number of anilines is 1. The second-order valence-electron chi connectivity index (χ2n) is 9.06. The number of methoxy groups -OCH3 is 2. The van der Waals surface area contributed by atoms with Gasteiger partial charge >= 0.3 is 0 Å². The second kappa shape index (κ2) is 14.0. The number of amides is 2. The van der Waals surface area contributed by atoms with Crippen molar-refractivity contribution in [1.29, 1.82) is 0 Å². The van der Waals surface area contributed by atoms with Gasteiger partial charge in [-0.05, 0) is 42.3 Å². The van der Waals surface area contributed by atoms with E-state index in [0.29, 0.717) is 17.3 Å². The molecule has 0 fully saturated rings. The minimum absolute atomic E-state index is 0.0575. The molecule has 0 heterocycles. The van der Waals surface area contributed by atoms with Crippen LogP contribution in [0.25, 0.3) is 0 Å². The molecule has 40 heavy (non-hydrogen) atoms. The smallest absolute Gasteiger partial charge is 0.244 e. The van der Waals surface area contributed by atoms with Crippen LogP contribution in [-0.4, -0.2) is 64.7 Å². The number of hydrogen-bond acceptors (Lipinski definition) is 6. The molecule has 0 radical (unpaired) electrons. The van der Waals surface area contributed by atoms with Gasteiger partial charge in [0.2, 0.25) is 21.8 Å². The first-order chi connectivity index (χ1) is 19.1. The Hall–Kier alpha value is -3.76. The zero-order valence-corrected chi connectivity index (χ0v) is 24.5. The number of sulfonamides is 1. The number of carbonyl (C=O) groups is 2. The molecular weight excluding hydrogens is 554 g/mol. The van der Waals surface area contributed by atoms with Crippen LogP contribution in [0.3, 0.4) is 0 Å². The molecule has 0 aliphatic carbocycles. The number of likely N-dealkylation sites (N-methyl/N-ethyl adjacent to an activating group) is 1. The van der Waals surface area contributed by atoms with Crippen LogP contribution < -0.4 is 19.1 Å². The van der Waals surface area contributed by atoms with Gasteiger partial charge in [-0.3, -0.25) is 13.9 Å². The summed E-state index contributed by atoms with van der Waals surface area (Å²) in [4.78, 5) is 28.8. The van der Waals surface area contributed by atoms with Crippen molar-refractivity contribution in [2.75, 3.05) is 37.9 Å². The number of rotatable bonds is 13. The van der Waals surface area contributed by atoms with Crippen LogP contribution in [0, 0.1) is 0 Å². The van der Waals surface area contributed by atoms with E-state index in [1.165, 1.54) is 31.3 Å². The summed E-state index contributed by atoms with van der Waals surface area (Å²) in [5.41, 5.74) is 1.75. The number of ether oxygens (including phenoxy) is 2. The van der Waals surface area contributed by atoms with Gasteiger partial charge in [0.15, 0.2) is 0 Å². The number of nitrogens with zero attached hydrogens (tertiary/aromatic N) is 2. The molecule has 1 N–H and O–H groups in total. The van der Waals surface area contributed by atoms with Crippen LogP contribution >= 0.6 is 11.6 Å². The summed E-state index contributed by atoms with van der Waals surface area (Å²) in [6.07, 6.45) is 1.25. The fraction of sp³-hybridized carbons (Fsp3) is 0.310. The first-order valence-corrected chi connectivity index (χ1v) is 14.8. The SMILES string of the molecule is CCNC(=O)[C@@H](Cc1ccccc1)N(Cc1ccc(Cl)cc1)C(=O)CN(c1ccc(OC)cc1OC)S(C)(=O)=O. The Labute approximate surface area is 240 Å². The Balaban J connectivity index is 2.07. The topological polar surface area (TPSA) is 105 Å². The van der Waals surface area contributed by atoms with Crippen molar-refractivity contribution in [3.8, 4) is 11.5 Å². The zero-order chi connectivity index (χ0) is 29.3. The van der Waals surface area contributed by atoms with Gasteiger partial charge in [-0.15, -0.1) is 0 Å². The molecule has 0 aromatic heterocycles. The highest BCUT2D eigenvalue weighted by atomic mass is 35.5. The predicted molar refractivity (Wildman–Crippen MR) is 156 cm³/mol. The maximum absolute atomic E-state index is 14.1. The fourth-order valence-electron chi connectivity index (χ4n) is 4.22. The minimum Gasteiger partial charge on any atom is -0.497 e. The molecule has 9 nitrogen and oxygen atoms in total. The lowest BCUT2D eigenvalue weighted by molar-refractivity contribution is -0.140. The highest BCUT2D eigenvalue weighted by molar-refractivity contribution is 7.92. The van der Waals surface area contributed by atoms with Crippen LogP contribution in [-0.2, 0) is 32.6 Å². The highest BCUT2D eigenvalue weighted by Gasteiger charge is 2.33. The van der Waals surface area contributed by atoms with Gasteiger partial charge in [0.1, 0.15) is 24.1 Å². The van der Waals surface area contributed by atoms with E-state index < -0.39 is 28.5 Å². The van der Waals surface area contributed by atoms with E-state index in [4.69, 9.17) is 21.1 Å². The van der Waals surface area contributed by atoms with Crippen LogP contribution in [0.4, 0.5) is 5.69 Å². The number of benzene rings is 3. The maximum Gasteiger partial charge on any atom is 0.244 e. The van der Waals surface area contributed by atoms with Gasteiger partial charge in [-0.2, -0.15) is 0 Å². The Kier molecular flexibility index (Phi) is 10.8. The second-order valence-corrected chi connectivity index (χ2v) is 11.4. The minimum atomic E-state index is -3.95. The Morgan fingerprint density at radius 2 is 1.62 bits per heavy atom. The molecular formula is C29H34ClN3O6S. The third-order valence-corrected chi connectivity index (χ3v) is 7.60. The molecule has 2 amide bonds. The van der Waals surface area contributed by atoms with E-state index in [1.807, 2.05) is 30.3 Å². The highest BCUT2D eigenvalue weighted by Crippen LogP contribution is 2.33. The molecule has 0 bridgehead atoms. The summed E-state index contributed by atoms with van der Waals surface area (Å²) in [5.74, 6) is -0.234. The molecule has 0 saturated heterocycles. The molecule has 214 valence electrons. The average Bonchev–Trinajstić information content (AvgIpc) is 2.94. The molecule has 0 saturated carbocycles. The number of hydrogen-bond donors (Lipinski definition) is 1. The van der Waals surface area contributed by atoms with Gasteiger partial charge < -0.3 is 19.7 Å². The fourth-order valence-corrected chi connectivity index (χ4v) is 5.20. The molecule has 3 aromatic carbocycles. The molecule has 1 atom stereocenters. The van der Waals surface area contributed by atoms with Crippen molar-refractivity contribution in [3.05, 3.63) is 88.9 Å². The van der Waals surface area contributed by atoms with Crippen molar-refractivity contribution < 1.29 is 27.5 Å². The summed E-state index contributed by atoms with van der Waals surface area (Å²) in [6, 6.07) is 20.0. The van der Waals surface area contributed by atoms with E-state index in [9.17, 15) is 18.0 Å². The lowest BCUT2D eigenvalue weighted by Crippen LogP contribution is -2.53. The van der Waals surface area contributed by atoms with Gasteiger partial charge in [0.05, 0.1) is 26.2 Å². The standard InChI is InChI=1S/C29H34ClN3O6S/c1-5-31-29(35)26(17-21-9-7-6-8-10-21)32(19-22-11-13-23(30)14-12-22)28(34)20-33(40(4,36)37)25-16-15-24(38-2)18-27(25)39-3/h6-16,18,26H,5,17,19-20H2,1-4H3,(H,31,35)/t26-/m1/s1. The van der Waals surface area contributed by atoms with Crippen molar-refractivity contribution in [3.63, 3.8) is 0 Å². The molecule has 3 rings (SSSR count). The monoisotopic (exact) mass is 587 g/mol. The van der Waals surface area contributed by atoms with E-state index in [0.717, 1.165) is 21.7 Å². The van der Waals surface area contributed by atoms with Crippen LogP contribution in [0.5, 0.6) is 11.5 Å². The Morgan fingerprint density at radius 3 is 2.20 bits per heavy atom. The lowest BCUT2D eigenvalue weighted by Gasteiger charge is -2.33. The van der Waals surface area contributed by atoms with Crippen molar-refractivity contribution in [2.24, 2.45) is 0 Å². The Morgan fingerprint density at radius 1 is 0.950 bits per heavy atom. The molecule has 0 unspecified atom stereocenters. The quantitative estimate of drug-likeness (QED) is 0.325. The number of halogens is 1. The van der Waals surface area contributed by atoms with E-state index in [1.54, 1.807) is 37.3 Å². The normalized spacial score (nSPS) is 11.8. The molecule has 0 aliphatic heterocycles. The van der Waals surface area contributed by atoms with E-state index in [-0.39, 0.29) is 30.3 Å². The van der Waals surface area contributed by atoms with Crippen molar-refractivity contribution in [1.82, 2.24) is 10.2 Å². The van der Waals surface area contributed by atoms with E-state index in [2.05, 4.69) is 5.32 Å². The molecule has 3 aromatic rings. The van der Waals surface area contributed by atoms with Gasteiger partial charge in [0, 0.05) is 30.6 Å². The van der Waals surface area contributed by atoms with Gasteiger partial charge in [-0.1, -0.05) is 54.1 Å². The number of nitrogens with one attached hydrogen (secondary N) is 1. The van der Waals surface area contributed by atoms with Crippen LogP contribution in [0.15, 0.2) is 72.8 Å². The third kappa shape index (κ3) is 8.12. The van der Waals surface area contributed by atoms with E-state index >= 15 is 0 Å². The first-order valence-electron chi connectivity index (χ1n) is 12.6. The zero-order valence-electron chi connectivity index (χ0n) is 23.0. The summed E-state index contributed by atoms with van der Waals surface area (Å²) in [5, 5.41) is 3.35. The molecule has 11 heteroatoms. The Bertz CT molecular complexity index is 1400. The summed E-state index contributed by atoms with van der Waals surface area (Å²) >= 11 is 6.07. The maximum atomic E-state index is 14.1. The summed E-state index contributed by atoms with van der Waals surface area (Å²) < 4.78 is 37.6. The van der Waals surface area contributed by atoms with Crippen LogP contribution in [0.2, 0.25) is 5.02 Å². The summed E-state index contributed by atoms with van der Waals surface area (Å²) in [6.45, 7) is 1.66. The number of carbonyl (C=O) groups excluding carboxylic acids is 2. The van der Waals surface area contributed by atoms with Crippen molar-refractivity contribution in [2.45, 2.75) is 25.9 Å². The largest absolute Gasteiger partial charge is 0.497 e. The van der Waals surface area contributed by atoms with Gasteiger partial charge in [-0.25, -0.2) is 8.42 Å². The van der Waals surface area contributed by atoms with Crippen LogP contribution in [0.1, 0.15) is 18.1 Å². The molecule has 0 spiro atoms. The predicted octanol–water partition coefficient (Wildman–Crippen LogP) is 3.90. The first kappa shape index (κ1) is 30.8. The van der Waals surface area contributed by atoms with Gasteiger partial charge in [0.25, 0.3) is 0 Å². The summed E-state index contributed by atoms with van der Waals surface area (Å²) in [7, 11) is -1.06. The lowest BCUT2D eigenvalue weighted by atomic mass is 10.0. The molecule has 0 aliphatic rings. The third-order valence-electron chi connectivity index (χ3n) is 6.22. The average molecular weight is 588 g/mol. The van der Waals surface area contributed by atoms with Crippen molar-refractivity contribution >= 4 is 39.1 Å².